The normalized spacial score (nSPS) is 28.3. The van der Waals surface area contributed by atoms with E-state index in [-0.39, 0.29) is 5.56 Å². The van der Waals surface area contributed by atoms with Crippen LogP contribution in [0.1, 0.15) is 52.0 Å². The molecule has 1 saturated carbocycles. The van der Waals surface area contributed by atoms with E-state index in [9.17, 15) is 9.90 Å². The van der Waals surface area contributed by atoms with E-state index in [1.165, 1.54) is 6.07 Å². The number of aromatic amines is 1. The van der Waals surface area contributed by atoms with E-state index in [1.54, 1.807) is 6.20 Å². The molecule has 0 aromatic carbocycles. The maximum absolute atomic E-state index is 11.0. The van der Waals surface area contributed by atoms with E-state index < -0.39 is 5.60 Å². The van der Waals surface area contributed by atoms with Crippen LogP contribution in [0.15, 0.2) is 23.1 Å². The zero-order valence-corrected chi connectivity index (χ0v) is 12.2. The minimum absolute atomic E-state index is 0.0906. The van der Waals surface area contributed by atoms with Crippen LogP contribution in [0.25, 0.3) is 0 Å². The van der Waals surface area contributed by atoms with Gasteiger partial charge in [0, 0.05) is 18.7 Å². The zero-order valence-electron chi connectivity index (χ0n) is 12.2. The third-order valence-corrected chi connectivity index (χ3v) is 4.52. The molecule has 0 bridgehead atoms. The Hall–Kier alpha value is -1.09. The van der Waals surface area contributed by atoms with E-state index in [0.29, 0.717) is 17.8 Å². The van der Waals surface area contributed by atoms with Crippen molar-refractivity contribution < 1.29 is 5.11 Å². The molecule has 2 N–H and O–H groups in total. The molecule has 1 aromatic heterocycles. The van der Waals surface area contributed by atoms with Crippen molar-refractivity contribution in [1.82, 2.24) is 4.98 Å². The first-order valence-electron chi connectivity index (χ1n) is 7.19. The van der Waals surface area contributed by atoms with Gasteiger partial charge >= 0.3 is 0 Å². The Balaban J connectivity index is 1.98. The molecule has 19 heavy (non-hydrogen) atoms. The van der Waals surface area contributed by atoms with Crippen LogP contribution >= 0.6 is 0 Å². The van der Waals surface area contributed by atoms with Crippen molar-refractivity contribution in [2.24, 2.45) is 11.3 Å². The summed E-state index contributed by atoms with van der Waals surface area (Å²) >= 11 is 0. The molecular formula is C16H25NO2. The Morgan fingerprint density at radius 2 is 1.95 bits per heavy atom. The molecule has 1 heterocycles. The summed E-state index contributed by atoms with van der Waals surface area (Å²) in [5.41, 5.74) is 0.655. The predicted octanol–water partition coefficient (Wildman–Crippen LogP) is 2.88. The van der Waals surface area contributed by atoms with Crippen molar-refractivity contribution in [2.45, 2.75) is 58.5 Å². The number of aliphatic hydroxyl groups is 1. The van der Waals surface area contributed by atoms with Gasteiger partial charge in [0.05, 0.1) is 5.60 Å². The second-order valence-corrected chi connectivity index (χ2v) is 7.10. The van der Waals surface area contributed by atoms with Crippen LogP contribution in [-0.4, -0.2) is 15.7 Å². The maximum atomic E-state index is 11.0. The van der Waals surface area contributed by atoms with Crippen LogP contribution in [0.3, 0.4) is 0 Å². The second-order valence-electron chi connectivity index (χ2n) is 7.10. The number of hydrogen-bond donors (Lipinski definition) is 2. The van der Waals surface area contributed by atoms with Gasteiger partial charge in [-0.1, -0.05) is 26.8 Å². The first-order valence-corrected chi connectivity index (χ1v) is 7.19. The van der Waals surface area contributed by atoms with Gasteiger partial charge in [-0.3, -0.25) is 4.79 Å². The minimum atomic E-state index is -0.597. The molecule has 3 nitrogen and oxygen atoms in total. The lowest BCUT2D eigenvalue weighted by atomic mass is 9.67. The number of nitrogens with one attached hydrogen (secondary N) is 1. The van der Waals surface area contributed by atoms with Gasteiger partial charge in [-0.25, -0.2) is 0 Å². The summed E-state index contributed by atoms with van der Waals surface area (Å²) in [5.74, 6) is 0.698. The fourth-order valence-corrected chi connectivity index (χ4v) is 3.13. The fraction of sp³-hybridized carbons (Fsp3) is 0.688. The van der Waals surface area contributed by atoms with Crippen LogP contribution < -0.4 is 5.56 Å². The molecule has 1 fully saturated rings. The van der Waals surface area contributed by atoms with Gasteiger partial charge in [-0.15, -0.1) is 0 Å². The average molecular weight is 263 g/mol. The minimum Gasteiger partial charge on any atom is -0.390 e. The molecule has 0 spiro atoms. The van der Waals surface area contributed by atoms with Crippen molar-refractivity contribution in [3.8, 4) is 0 Å². The SMILES string of the molecule is CC(C)(C)C1CCC(O)(Cc2ccc(=O)[nH]c2)CC1. The van der Waals surface area contributed by atoms with E-state index in [2.05, 4.69) is 25.8 Å². The number of H-pyrrole nitrogens is 1. The Morgan fingerprint density at radius 1 is 1.32 bits per heavy atom. The molecule has 0 radical (unpaired) electrons. The molecule has 0 atom stereocenters. The highest BCUT2D eigenvalue weighted by atomic mass is 16.3. The van der Waals surface area contributed by atoms with Crippen LogP contribution in [0.5, 0.6) is 0 Å². The number of pyridine rings is 1. The van der Waals surface area contributed by atoms with Crippen LogP contribution in [0.4, 0.5) is 0 Å². The van der Waals surface area contributed by atoms with E-state index in [1.807, 2.05) is 6.07 Å². The fourth-order valence-electron chi connectivity index (χ4n) is 3.13. The van der Waals surface area contributed by atoms with Crippen molar-refractivity contribution >= 4 is 0 Å². The highest BCUT2D eigenvalue weighted by molar-refractivity contribution is 5.12. The molecule has 1 aliphatic rings. The largest absolute Gasteiger partial charge is 0.390 e. The van der Waals surface area contributed by atoms with Crippen molar-refractivity contribution in [3.63, 3.8) is 0 Å². The summed E-state index contributed by atoms with van der Waals surface area (Å²) in [6.07, 6.45) is 6.24. The number of rotatable bonds is 2. The maximum Gasteiger partial charge on any atom is 0.247 e. The van der Waals surface area contributed by atoms with Gasteiger partial charge in [-0.05, 0) is 42.6 Å². The van der Waals surface area contributed by atoms with Crippen molar-refractivity contribution in [1.29, 1.82) is 0 Å². The summed E-state index contributed by atoms with van der Waals surface area (Å²) in [7, 11) is 0. The van der Waals surface area contributed by atoms with Crippen LogP contribution in [0, 0.1) is 11.3 Å². The van der Waals surface area contributed by atoms with E-state index >= 15 is 0 Å². The standard InChI is InChI=1S/C16H25NO2/c1-15(2,3)13-6-8-16(19,9-7-13)10-12-4-5-14(18)17-11-12/h4-5,11,13,19H,6-10H2,1-3H3,(H,17,18). The van der Waals surface area contributed by atoms with Gasteiger partial charge in [0.1, 0.15) is 0 Å². The Kier molecular flexibility index (Phi) is 3.86. The summed E-state index contributed by atoms with van der Waals surface area (Å²) in [5, 5.41) is 10.7. The van der Waals surface area contributed by atoms with Gasteiger partial charge in [0.2, 0.25) is 5.56 Å². The lowest BCUT2D eigenvalue weighted by molar-refractivity contribution is -0.0245. The molecule has 1 aromatic rings. The van der Waals surface area contributed by atoms with Gasteiger partial charge in [0.15, 0.2) is 0 Å². The van der Waals surface area contributed by atoms with Crippen molar-refractivity contribution in [3.05, 3.63) is 34.2 Å². The molecule has 106 valence electrons. The average Bonchev–Trinajstić information content (AvgIpc) is 2.31. The monoisotopic (exact) mass is 263 g/mol. The predicted molar refractivity (Wildman–Crippen MR) is 77.1 cm³/mol. The molecule has 0 aliphatic heterocycles. The Bertz CT molecular complexity index is 456. The Morgan fingerprint density at radius 3 is 2.42 bits per heavy atom. The van der Waals surface area contributed by atoms with Gasteiger partial charge in [-0.2, -0.15) is 0 Å². The molecule has 0 saturated heterocycles. The lowest BCUT2D eigenvalue weighted by Crippen LogP contribution is -2.39. The van der Waals surface area contributed by atoms with Crippen molar-refractivity contribution in [2.75, 3.05) is 0 Å². The van der Waals surface area contributed by atoms with E-state index in [4.69, 9.17) is 0 Å². The molecule has 0 unspecified atom stereocenters. The molecule has 2 rings (SSSR count). The third kappa shape index (κ3) is 3.69. The second kappa shape index (κ2) is 5.12. The number of hydrogen-bond acceptors (Lipinski definition) is 2. The van der Waals surface area contributed by atoms with Gasteiger partial charge < -0.3 is 10.1 Å². The summed E-state index contributed by atoms with van der Waals surface area (Å²) in [4.78, 5) is 13.7. The molecule has 3 heteroatoms. The summed E-state index contributed by atoms with van der Waals surface area (Å²) < 4.78 is 0. The smallest absolute Gasteiger partial charge is 0.247 e. The highest BCUT2D eigenvalue weighted by Crippen LogP contribution is 2.42. The quantitative estimate of drug-likeness (QED) is 0.862. The topological polar surface area (TPSA) is 53.1 Å². The molecular weight excluding hydrogens is 238 g/mol. The van der Waals surface area contributed by atoms with Crippen LogP contribution in [-0.2, 0) is 6.42 Å². The lowest BCUT2D eigenvalue weighted by Gasteiger charge is -2.41. The Labute approximate surface area is 115 Å². The summed E-state index contributed by atoms with van der Waals surface area (Å²) in [6.45, 7) is 6.85. The molecule has 1 aliphatic carbocycles. The first kappa shape index (κ1) is 14.3. The molecule has 0 amide bonds. The van der Waals surface area contributed by atoms with Gasteiger partial charge in [0.25, 0.3) is 0 Å². The van der Waals surface area contributed by atoms with Crippen LogP contribution in [0.2, 0.25) is 0 Å². The number of aromatic nitrogens is 1. The highest BCUT2D eigenvalue weighted by Gasteiger charge is 2.37. The third-order valence-electron chi connectivity index (χ3n) is 4.52. The zero-order chi connectivity index (χ0) is 14.1. The first-order chi connectivity index (χ1) is 8.78. The van der Waals surface area contributed by atoms with E-state index in [0.717, 1.165) is 31.2 Å². The summed E-state index contributed by atoms with van der Waals surface area (Å²) in [6, 6.07) is 3.34.